The molecule has 1 rings (SSSR count). The number of hydrogen-bond donors (Lipinski definition) is 1. The summed E-state index contributed by atoms with van der Waals surface area (Å²) in [4.78, 5) is 0. The first-order chi connectivity index (χ1) is 6.64. The number of thiophene rings is 1. The summed E-state index contributed by atoms with van der Waals surface area (Å²) in [6, 6.07) is 4.04. The minimum atomic E-state index is -3.02. The maximum Gasteiger partial charge on any atom is 0.211 e. The second kappa shape index (κ2) is 5.75. The van der Waals surface area contributed by atoms with Crippen LogP contribution in [-0.2, 0) is 10.0 Å². The Morgan fingerprint density at radius 1 is 1.57 bits per heavy atom. The molecule has 0 fully saturated rings. The van der Waals surface area contributed by atoms with Crippen molar-refractivity contribution in [1.29, 1.82) is 0 Å². The monoisotopic (exact) mass is 251 g/mol. The average molecular weight is 251 g/mol. The molecule has 1 heterocycles. The summed E-state index contributed by atoms with van der Waals surface area (Å²) in [5.41, 5.74) is 0. The van der Waals surface area contributed by atoms with Gasteiger partial charge in [-0.05, 0) is 30.7 Å². The third-order valence-electron chi connectivity index (χ3n) is 1.61. The number of nitrogens with one attached hydrogen (secondary N) is 1. The fourth-order valence-electron chi connectivity index (χ4n) is 0.869. The van der Waals surface area contributed by atoms with E-state index in [9.17, 15) is 8.42 Å². The third-order valence-corrected chi connectivity index (χ3v) is 5.27. The normalized spacial score (nSPS) is 11.8. The minimum absolute atomic E-state index is 0.210. The third kappa shape index (κ3) is 4.45. The van der Waals surface area contributed by atoms with Gasteiger partial charge < -0.3 is 0 Å². The quantitative estimate of drug-likeness (QED) is 0.619. The van der Waals surface area contributed by atoms with Crippen molar-refractivity contribution < 1.29 is 8.42 Å². The average Bonchev–Trinajstić information content (AvgIpc) is 2.65. The Kier molecular flexibility index (Phi) is 4.94. The van der Waals surface area contributed by atoms with E-state index in [1.807, 2.05) is 17.5 Å². The highest BCUT2D eigenvalue weighted by Crippen LogP contribution is 2.23. The highest BCUT2D eigenvalue weighted by Gasteiger charge is 2.05. The van der Waals surface area contributed by atoms with Crippen molar-refractivity contribution in [2.75, 3.05) is 18.6 Å². The first-order valence-corrected chi connectivity index (χ1v) is 7.73. The first kappa shape index (κ1) is 12.0. The van der Waals surface area contributed by atoms with Crippen molar-refractivity contribution in [2.45, 2.75) is 10.6 Å². The van der Waals surface area contributed by atoms with Gasteiger partial charge in [0, 0.05) is 0 Å². The van der Waals surface area contributed by atoms with Crippen LogP contribution in [0.1, 0.15) is 6.42 Å². The largest absolute Gasteiger partial charge is 0.218 e. The molecule has 0 bridgehead atoms. The first-order valence-electron chi connectivity index (χ1n) is 4.21. The zero-order valence-electron chi connectivity index (χ0n) is 7.89. The minimum Gasteiger partial charge on any atom is -0.218 e. The molecule has 6 heteroatoms. The summed E-state index contributed by atoms with van der Waals surface area (Å²) in [6.07, 6.45) is 0.686. The van der Waals surface area contributed by atoms with Crippen molar-refractivity contribution in [3.63, 3.8) is 0 Å². The van der Waals surface area contributed by atoms with Crippen molar-refractivity contribution in [3.8, 4) is 0 Å². The Morgan fingerprint density at radius 3 is 2.93 bits per heavy atom. The Bertz CT molecular complexity index is 345. The van der Waals surface area contributed by atoms with E-state index in [-0.39, 0.29) is 5.75 Å². The topological polar surface area (TPSA) is 46.2 Å². The van der Waals surface area contributed by atoms with Gasteiger partial charge in [-0.25, -0.2) is 13.1 Å². The second-order valence-electron chi connectivity index (χ2n) is 2.66. The fourth-order valence-corrected chi connectivity index (χ4v) is 3.58. The zero-order chi connectivity index (χ0) is 10.4. The molecule has 0 aliphatic rings. The molecule has 0 aliphatic carbocycles. The van der Waals surface area contributed by atoms with Crippen LogP contribution in [0.3, 0.4) is 0 Å². The molecule has 80 valence electrons. The van der Waals surface area contributed by atoms with Gasteiger partial charge in [-0.15, -0.1) is 23.1 Å². The Balaban J connectivity index is 2.17. The SMILES string of the molecule is CNS(=O)(=O)CCCSc1cccs1. The lowest BCUT2D eigenvalue weighted by molar-refractivity contribution is 0.587. The highest BCUT2D eigenvalue weighted by atomic mass is 32.2. The van der Waals surface area contributed by atoms with Gasteiger partial charge in [-0.1, -0.05) is 6.07 Å². The van der Waals surface area contributed by atoms with E-state index in [2.05, 4.69) is 4.72 Å². The summed E-state index contributed by atoms with van der Waals surface area (Å²) in [5, 5.41) is 2.02. The summed E-state index contributed by atoms with van der Waals surface area (Å²) in [6.45, 7) is 0. The van der Waals surface area contributed by atoms with Crippen molar-refractivity contribution >= 4 is 33.1 Å². The molecule has 0 spiro atoms. The molecule has 1 aromatic rings. The van der Waals surface area contributed by atoms with E-state index < -0.39 is 10.0 Å². The summed E-state index contributed by atoms with van der Waals surface area (Å²) >= 11 is 3.39. The molecule has 0 atom stereocenters. The Morgan fingerprint density at radius 2 is 2.36 bits per heavy atom. The number of sulfonamides is 1. The smallest absolute Gasteiger partial charge is 0.211 e. The Labute approximate surface area is 93.0 Å². The molecule has 0 saturated carbocycles. The second-order valence-corrected chi connectivity index (χ2v) is 7.05. The van der Waals surface area contributed by atoms with E-state index in [1.165, 1.54) is 11.3 Å². The lowest BCUT2D eigenvalue weighted by Gasteiger charge is -2.00. The lowest BCUT2D eigenvalue weighted by atomic mass is 10.6. The van der Waals surface area contributed by atoms with Crippen LogP contribution >= 0.6 is 23.1 Å². The van der Waals surface area contributed by atoms with Gasteiger partial charge in [0.25, 0.3) is 0 Å². The van der Waals surface area contributed by atoms with Crippen LogP contribution in [0.25, 0.3) is 0 Å². The molecule has 14 heavy (non-hydrogen) atoms. The molecule has 0 aromatic carbocycles. The molecule has 0 amide bonds. The molecule has 1 aromatic heterocycles. The van der Waals surface area contributed by atoms with Crippen molar-refractivity contribution in [2.24, 2.45) is 0 Å². The van der Waals surface area contributed by atoms with Crippen LogP contribution in [0.2, 0.25) is 0 Å². The van der Waals surface area contributed by atoms with Gasteiger partial charge in [0.1, 0.15) is 0 Å². The van der Waals surface area contributed by atoms with Crippen LogP contribution in [-0.4, -0.2) is 27.0 Å². The number of thioether (sulfide) groups is 1. The van der Waals surface area contributed by atoms with Gasteiger partial charge >= 0.3 is 0 Å². The lowest BCUT2D eigenvalue weighted by Crippen LogP contribution is -2.22. The summed E-state index contributed by atoms with van der Waals surface area (Å²) in [7, 11) is -1.57. The summed E-state index contributed by atoms with van der Waals surface area (Å²) < 4.78 is 25.6. The maximum atomic E-state index is 11.0. The standard InChI is InChI=1S/C8H13NO2S3/c1-9-14(10,11)7-3-6-13-8-4-2-5-12-8/h2,4-5,9H,3,6-7H2,1H3. The molecule has 0 saturated heterocycles. The van der Waals surface area contributed by atoms with Crippen molar-refractivity contribution in [3.05, 3.63) is 17.5 Å². The predicted molar refractivity (Wildman–Crippen MR) is 62.5 cm³/mol. The van der Waals surface area contributed by atoms with E-state index in [1.54, 1.807) is 23.1 Å². The number of hydrogen-bond acceptors (Lipinski definition) is 4. The van der Waals surface area contributed by atoms with E-state index in [0.29, 0.717) is 6.42 Å². The molecule has 0 unspecified atom stereocenters. The highest BCUT2D eigenvalue weighted by molar-refractivity contribution is 8.01. The van der Waals surface area contributed by atoms with Crippen LogP contribution in [0.4, 0.5) is 0 Å². The molecule has 0 aliphatic heterocycles. The van der Waals surface area contributed by atoms with Gasteiger partial charge in [-0.3, -0.25) is 0 Å². The van der Waals surface area contributed by atoms with Gasteiger partial charge in [0.05, 0.1) is 9.96 Å². The number of rotatable bonds is 6. The molecule has 1 N–H and O–H groups in total. The van der Waals surface area contributed by atoms with Crippen molar-refractivity contribution in [1.82, 2.24) is 4.72 Å². The maximum absolute atomic E-state index is 11.0. The van der Waals surface area contributed by atoms with E-state index >= 15 is 0 Å². The summed E-state index contributed by atoms with van der Waals surface area (Å²) in [5.74, 6) is 1.06. The molecular weight excluding hydrogens is 238 g/mol. The van der Waals surface area contributed by atoms with Crippen LogP contribution < -0.4 is 4.72 Å². The fraction of sp³-hybridized carbons (Fsp3) is 0.500. The van der Waals surface area contributed by atoms with Gasteiger partial charge in [0.15, 0.2) is 0 Å². The van der Waals surface area contributed by atoms with Crippen LogP contribution in [0.5, 0.6) is 0 Å². The van der Waals surface area contributed by atoms with Gasteiger partial charge in [0.2, 0.25) is 10.0 Å². The molecule has 3 nitrogen and oxygen atoms in total. The van der Waals surface area contributed by atoms with Crippen LogP contribution in [0.15, 0.2) is 21.7 Å². The van der Waals surface area contributed by atoms with Gasteiger partial charge in [-0.2, -0.15) is 0 Å². The van der Waals surface area contributed by atoms with E-state index in [0.717, 1.165) is 5.75 Å². The molecular formula is C8H13NO2S3. The molecule has 0 radical (unpaired) electrons. The zero-order valence-corrected chi connectivity index (χ0v) is 10.3. The van der Waals surface area contributed by atoms with Crippen LogP contribution in [0, 0.1) is 0 Å². The Hall–Kier alpha value is -0.0400. The van der Waals surface area contributed by atoms with E-state index in [4.69, 9.17) is 0 Å². The predicted octanol–water partition coefficient (Wildman–Crippen LogP) is 1.78.